The van der Waals surface area contributed by atoms with Crippen LogP contribution >= 0.6 is 0 Å². The van der Waals surface area contributed by atoms with Crippen molar-refractivity contribution >= 4 is 22.6 Å². The lowest BCUT2D eigenvalue weighted by Gasteiger charge is -2.50. The fraction of sp³-hybridized carbons (Fsp3) is 0.379. The Kier molecular flexibility index (Phi) is 18.8. The largest absolute Gasteiger partial charge is 0.463 e. The molecule has 6 aromatic rings. The molecule has 0 aliphatic carbocycles. The smallest absolute Gasteiger partial charge is 0.330 e. The van der Waals surface area contributed by atoms with E-state index in [1.807, 2.05) is 13.0 Å². The first-order chi connectivity index (χ1) is 35.8. The fourth-order valence-corrected chi connectivity index (χ4v) is 13.3. The van der Waals surface area contributed by atoms with Crippen molar-refractivity contribution < 1.29 is 23.5 Å². The molecule has 0 aromatic heterocycles. The lowest BCUT2D eigenvalue weighted by molar-refractivity contribution is -0.137. The van der Waals surface area contributed by atoms with E-state index >= 15 is 0 Å². The van der Waals surface area contributed by atoms with Gasteiger partial charge in [-0.2, -0.15) is 0 Å². The average Bonchev–Trinajstić information content (AvgIpc) is 3.40. The van der Waals surface area contributed by atoms with Gasteiger partial charge in [-0.05, 0) is 101 Å². The molecule has 0 radical (unpaired) electrons. The quantitative estimate of drug-likeness (QED) is 0.0361. The van der Waals surface area contributed by atoms with Gasteiger partial charge in [0.15, 0.2) is 16.6 Å². The molecule has 7 nitrogen and oxygen atoms in total. The van der Waals surface area contributed by atoms with E-state index in [4.69, 9.17) is 13.6 Å². The average molecular weight is 1040 g/mol. The van der Waals surface area contributed by atoms with Gasteiger partial charge in [0.25, 0.3) is 0 Å². The first-order valence-electron chi connectivity index (χ1n) is 27.2. The van der Waals surface area contributed by atoms with Crippen LogP contribution in [0.25, 0.3) is 0 Å². The Balaban J connectivity index is 0.000000219. The lowest BCUT2D eigenvalue weighted by atomic mass is 9.74. The van der Waals surface area contributed by atoms with Gasteiger partial charge < -0.3 is 18.7 Å². The number of aliphatic hydroxyl groups is 1. The minimum absolute atomic E-state index is 0.0234. The third kappa shape index (κ3) is 12.7. The third-order valence-corrected chi connectivity index (χ3v) is 25.4. The minimum Gasteiger partial charge on any atom is -0.463 e. The Morgan fingerprint density at radius 1 is 0.507 bits per heavy atom. The number of esters is 1. The first kappa shape index (κ1) is 57.2. The van der Waals surface area contributed by atoms with Gasteiger partial charge in [0.1, 0.15) is 0 Å². The maximum atomic E-state index is 12.8. The second kappa shape index (κ2) is 24.7. The molecule has 2 atom stereocenters. The third-order valence-electron chi connectivity index (χ3n) is 16.4. The highest BCUT2D eigenvalue weighted by Gasteiger charge is 2.49. The highest BCUT2D eigenvalue weighted by molar-refractivity contribution is 6.74. The molecule has 2 unspecified atom stereocenters. The van der Waals surface area contributed by atoms with Crippen LogP contribution in [0.1, 0.15) is 94.7 Å². The van der Waals surface area contributed by atoms with Crippen LogP contribution < -0.4 is 0 Å². The van der Waals surface area contributed by atoms with Crippen LogP contribution in [0, 0.1) is 0 Å². The summed E-state index contributed by atoms with van der Waals surface area (Å²) in [4.78, 5) is 17.9. The van der Waals surface area contributed by atoms with Gasteiger partial charge in [0.05, 0.1) is 36.5 Å². The summed E-state index contributed by atoms with van der Waals surface area (Å²) in [7, 11) is -4.04. The van der Waals surface area contributed by atoms with E-state index < -0.39 is 27.7 Å². The summed E-state index contributed by atoms with van der Waals surface area (Å²) >= 11 is 0. The molecule has 6 aromatic carbocycles. The maximum absolute atomic E-state index is 12.8. The number of hydrogen-bond acceptors (Lipinski definition) is 7. The van der Waals surface area contributed by atoms with Crippen LogP contribution in [0.3, 0.4) is 0 Å². The summed E-state index contributed by atoms with van der Waals surface area (Å²) in [6.07, 6.45) is 5.29. The highest BCUT2D eigenvalue weighted by atomic mass is 28.4. The Hall–Kier alpha value is -5.50. The van der Waals surface area contributed by atoms with Crippen LogP contribution in [0.2, 0.25) is 36.3 Å². The van der Waals surface area contributed by atoms with Gasteiger partial charge in [-0.3, -0.25) is 9.80 Å². The Labute approximate surface area is 452 Å². The standard InChI is InChI=1S/C34H43NO3Si.C32H41NO2Si/c1-7-37-32(36)25-27-26-35(24-23-31(27)38-39(5,6)33(2,3)4)34(28-17-11-8-12-18-28,29-19-13-9-14-20-29)30-21-15-10-16-22-30;1-31(2,3)36(4,5)35-30-21-23-33(25-26(30)22-24-34)32(27-15-9-6-10-16-27,28-17-11-7-12-18-28)29-19-13-8-14-20-29/h8-22,25,31H,7,23-24,26H2,1-6H3;6-20,22,30,34H,21,23-25H2,1-5H3/b27-25+;26-22+. The van der Waals surface area contributed by atoms with E-state index in [0.29, 0.717) is 13.2 Å². The number of carbonyl (C=O) groups excluding carboxylic acids is 1. The molecule has 2 heterocycles. The van der Waals surface area contributed by atoms with Gasteiger partial charge in [-0.1, -0.05) is 230 Å². The van der Waals surface area contributed by atoms with Gasteiger partial charge in [-0.25, -0.2) is 4.79 Å². The predicted molar refractivity (Wildman–Crippen MR) is 315 cm³/mol. The minimum atomic E-state index is -2.07. The normalized spacial score (nSPS) is 18.6. The summed E-state index contributed by atoms with van der Waals surface area (Å²) in [6, 6.07) is 64.7. The lowest BCUT2D eigenvalue weighted by Crippen LogP contribution is -2.55. The summed E-state index contributed by atoms with van der Waals surface area (Å²) in [5.41, 5.74) is 8.49. The van der Waals surface area contributed by atoms with E-state index in [9.17, 15) is 9.90 Å². The molecule has 9 heteroatoms. The van der Waals surface area contributed by atoms with E-state index in [0.717, 1.165) is 38.0 Å². The van der Waals surface area contributed by atoms with Crippen molar-refractivity contribution in [2.75, 3.05) is 39.4 Å². The summed E-state index contributed by atoms with van der Waals surface area (Å²) in [5.74, 6) is -0.303. The van der Waals surface area contributed by atoms with Gasteiger partial charge in [-0.15, -0.1) is 0 Å². The molecular formula is C66H84N2O5Si2. The molecule has 2 saturated heterocycles. The number of nitrogens with zero attached hydrogens (tertiary/aromatic N) is 2. The second-order valence-electron chi connectivity index (χ2n) is 23.2. The Morgan fingerprint density at radius 2 is 0.787 bits per heavy atom. The molecule has 0 spiro atoms. The molecule has 2 aliphatic rings. The predicted octanol–water partition coefficient (Wildman–Crippen LogP) is 14.6. The van der Waals surface area contributed by atoms with Crippen molar-refractivity contribution in [3.05, 3.63) is 239 Å². The molecule has 0 amide bonds. The van der Waals surface area contributed by atoms with Crippen LogP contribution in [0.15, 0.2) is 205 Å². The monoisotopic (exact) mass is 1040 g/mol. The number of ether oxygens (including phenoxy) is 1. The van der Waals surface area contributed by atoms with Crippen molar-refractivity contribution in [3.8, 4) is 0 Å². The SMILES string of the molecule is CC(C)(C)[Si](C)(C)OC1CCN(C(c2ccccc2)(c2ccccc2)c2ccccc2)C/C1=C\CO.CCOC(=O)/C=C1\CN(C(c2ccccc2)(c2ccccc2)c2ccccc2)CCC1O[Si](C)(C)C(C)(C)C. The van der Waals surface area contributed by atoms with Crippen molar-refractivity contribution in [1.82, 2.24) is 9.80 Å². The molecule has 2 aliphatic heterocycles. The summed E-state index contributed by atoms with van der Waals surface area (Å²) in [5, 5.41) is 10.2. The Bertz CT molecular complexity index is 2580. The zero-order valence-corrected chi connectivity index (χ0v) is 48.8. The van der Waals surface area contributed by atoms with Gasteiger partial charge in [0.2, 0.25) is 0 Å². The van der Waals surface area contributed by atoms with Crippen molar-refractivity contribution in [3.63, 3.8) is 0 Å². The fourth-order valence-electron chi connectivity index (χ4n) is 10.6. The number of rotatable bonds is 15. The first-order valence-corrected chi connectivity index (χ1v) is 33.0. The maximum Gasteiger partial charge on any atom is 0.330 e. The van der Waals surface area contributed by atoms with Crippen LogP contribution in [-0.2, 0) is 29.5 Å². The van der Waals surface area contributed by atoms with Crippen molar-refractivity contribution in [2.45, 2.75) is 121 Å². The number of hydrogen-bond donors (Lipinski definition) is 1. The summed E-state index contributed by atoms with van der Waals surface area (Å²) in [6.45, 7) is 28.1. The molecular weight excluding hydrogens is 957 g/mol. The van der Waals surface area contributed by atoms with Gasteiger partial charge in [0, 0.05) is 32.3 Å². The molecule has 75 heavy (non-hydrogen) atoms. The molecule has 8 rings (SSSR count). The van der Waals surface area contributed by atoms with Crippen molar-refractivity contribution in [1.29, 1.82) is 0 Å². The highest BCUT2D eigenvalue weighted by Crippen LogP contribution is 2.48. The molecule has 396 valence electrons. The number of benzene rings is 6. The molecule has 1 N–H and O–H groups in total. The van der Waals surface area contributed by atoms with E-state index in [1.165, 1.54) is 39.0 Å². The zero-order chi connectivity index (χ0) is 53.9. The Morgan fingerprint density at radius 3 is 1.05 bits per heavy atom. The van der Waals surface area contributed by atoms with Gasteiger partial charge >= 0.3 is 5.97 Å². The number of aliphatic hydroxyl groups excluding tert-OH is 1. The van der Waals surface area contributed by atoms with Crippen LogP contribution in [0.4, 0.5) is 0 Å². The number of likely N-dealkylation sites (tertiary alicyclic amines) is 2. The van der Waals surface area contributed by atoms with E-state index in [1.54, 1.807) is 6.08 Å². The molecule has 0 bridgehead atoms. The van der Waals surface area contributed by atoms with Crippen LogP contribution in [-0.4, -0.2) is 89.1 Å². The number of piperidine rings is 2. The van der Waals surface area contributed by atoms with E-state index in [2.05, 4.69) is 260 Å². The number of carbonyl (C=O) groups is 1. The van der Waals surface area contributed by atoms with E-state index in [-0.39, 0.29) is 34.9 Å². The topological polar surface area (TPSA) is 71.5 Å². The second-order valence-corrected chi connectivity index (χ2v) is 32.7. The summed E-state index contributed by atoms with van der Waals surface area (Å²) < 4.78 is 19.3. The molecule has 0 saturated carbocycles. The van der Waals surface area contributed by atoms with Crippen molar-refractivity contribution in [2.24, 2.45) is 0 Å². The van der Waals surface area contributed by atoms with Crippen LogP contribution in [0.5, 0.6) is 0 Å². The zero-order valence-electron chi connectivity index (χ0n) is 46.8. The molecule has 2 fully saturated rings.